The fourth-order valence-corrected chi connectivity index (χ4v) is 2.74. The Kier molecular flexibility index (Phi) is 5.56. The second kappa shape index (κ2) is 7.41. The Morgan fingerprint density at radius 1 is 1.25 bits per heavy atom. The number of hydrogen-bond acceptors (Lipinski definition) is 3. The largest absolute Gasteiger partial charge is 0.352 e. The summed E-state index contributed by atoms with van der Waals surface area (Å²) in [6.45, 7) is 1.80. The molecule has 0 unspecified atom stereocenters. The van der Waals surface area contributed by atoms with Gasteiger partial charge in [0.05, 0.1) is 6.54 Å². The van der Waals surface area contributed by atoms with Gasteiger partial charge in [-0.05, 0) is 31.0 Å². The number of carbonyl (C=O) groups is 1. The molecule has 0 aliphatic heterocycles. The molecule has 1 fully saturated rings. The van der Waals surface area contributed by atoms with E-state index in [1.807, 2.05) is 24.1 Å². The van der Waals surface area contributed by atoms with Crippen LogP contribution in [-0.4, -0.2) is 30.4 Å². The highest BCUT2D eigenvalue weighted by atomic mass is 16.2. The highest BCUT2D eigenvalue weighted by Crippen LogP contribution is 2.17. The van der Waals surface area contributed by atoms with Gasteiger partial charge < -0.3 is 11.1 Å². The minimum atomic E-state index is 0.137. The van der Waals surface area contributed by atoms with E-state index in [1.54, 1.807) is 0 Å². The van der Waals surface area contributed by atoms with Crippen LogP contribution in [0.25, 0.3) is 0 Å². The summed E-state index contributed by atoms with van der Waals surface area (Å²) in [5.74, 6) is 0.137. The summed E-state index contributed by atoms with van der Waals surface area (Å²) in [4.78, 5) is 14.0. The van der Waals surface area contributed by atoms with Gasteiger partial charge in [-0.2, -0.15) is 0 Å². The quantitative estimate of drug-likeness (QED) is 0.829. The zero-order valence-electron chi connectivity index (χ0n) is 12.3. The fourth-order valence-electron chi connectivity index (χ4n) is 2.74. The molecule has 1 saturated carbocycles. The van der Waals surface area contributed by atoms with Crippen LogP contribution in [0.3, 0.4) is 0 Å². The number of hydrogen-bond donors (Lipinski definition) is 2. The van der Waals surface area contributed by atoms with E-state index < -0.39 is 0 Å². The first-order valence-electron chi connectivity index (χ1n) is 7.43. The maximum Gasteiger partial charge on any atom is 0.234 e. The maximum atomic E-state index is 11.9. The molecule has 0 heterocycles. The smallest absolute Gasteiger partial charge is 0.234 e. The Morgan fingerprint density at radius 3 is 2.45 bits per heavy atom. The number of benzene rings is 1. The highest BCUT2D eigenvalue weighted by molar-refractivity contribution is 5.78. The van der Waals surface area contributed by atoms with Crippen LogP contribution in [0.15, 0.2) is 24.3 Å². The number of amides is 1. The van der Waals surface area contributed by atoms with Crippen molar-refractivity contribution in [3.05, 3.63) is 35.4 Å². The summed E-state index contributed by atoms with van der Waals surface area (Å²) in [5.41, 5.74) is 7.92. The van der Waals surface area contributed by atoms with E-state index in [9.17, 15) is 4.79 Å². The maximum absolute atomic E-state index is 11.9. The van der Waals surface area contributed by atoms with Crippen molar-refractivity contribution in [3.63, 3.8) is 0 Å². The van der Waals surface area contributed by atoms with Gasteiger partial charge in [0.2, 0.25) is 5.91 Å². The van der Waals surface area contributed by atoms with Crippen molar-refractivity contribution in [1.29, 1.82) is 0 Å². The van der Waals surface area contributed by atoms with E-state index in [0.29, 0.717) is 19.1 Å². The molecule has 4 nitrogen and oxygen atoms in total. The SMILES string of the molecule is CN(CC(=O)NC1CCCC1)Cc1ccc(CN)cc1. The summed E-state index contributed by atoms with van der Waals surface area (Å²) in [5, 5.41) is 3.12. The molecule has 1 aliphatic rings. The van der Waals surface area contributed by atoms with E-state index >= 15 is 0 Å². The van der Waals surface area contributed by atoms with Crippen LogP contribution in [0.1, 0.15) is 36.8 Å². The summed E-state index contributed by atoms with van der Waals surface area (Å²) in [7, 11) is 1.98. The molecule has 0 radical (unpaired) electrons. The molecule has 0 saturated heterocycles. The van der Waals surface area contributed by atoms with Gasteiger partial charge in [-0.1, -0.05) is 37.1 Å². The molecule has 110 valence electrons. The standard InChI is InChI=1S/C16H25N3O/c1-19(11-14-8-6-13(10-17)7-9-14)12-16(20)18-15-4-2-3-5-15/h6-9,15H,2-5,10-12,17H2,1H3,(H,18,20). The number of nitrogens with two attached hydrogens (primary N) is 1. The van der Waals surface area contributed by atoms with Gasteiger partial charge in [-0.25, -0.2) is 0 Å². The van der Waals surface area contributed by atoms with Gasteiger partial charge in [0.15, 0.2) is 0 Å². The molecule has 1 aromatic carbocycles. The van der Waals surface area contributed by atoms with Gasteiger partial charge in [0.25, 0.3) is 0 Å². The first-order chi connectivity index (χ1) is 9.67. The Labute approximate surface area is 121 Å². The van der Waals surface area contributed by atoms with Gasteiger partial charge in [-0.3, -0.25) is 9.69 Å². The van der Waals surface area contributed by atoms with Crippen LogP contribution in [0.2, 0.25) is 0 Å². The average Bonchev–Trinajstić information content (AvgIpc) is 2.92. The van der Waals surface area contributed by atoms with Crippen LogP contribution >= 0.6 is 0 Å². The predicted molar refractivity (Wildman–Crippen MR) is 81.1 cm³/mol. The van der Waals surface area contributed by atoms with Gasteiger partial charge in [-0.15, -0.1) is 0 Å². The molecular weight excluding hydrogens is 250 g/mol. The zero-order valence-corrected chi connectivity index (χ0v) is 12.3. The van der Waals surface area contributed by atoms with Crippen LogP contribution in [0, 0.1) is 0 Å². The third-order valence-electron chi connectivity index (χ3n) is 3.84. The molecular formula is C16H25N3O. The van der Waals surface area contributed by atoms with Gasteiger partial charge in [0.1, 0.15) is 0 Å². The van der Waals surface area contributed by atoms with Crippen molar-refractivity contribution >= 4 is 5.91 Å². The molecule has 1 aromatic rings. The van der Waals surface area contributed by atoms with Crippen molar-refractivity contribution in [1.82, 2.24) is 10.2 Å². The van der Waals surface area contributed by atoms with E-state index in [1.165, 1.54) is 18.4 Å². The zero-order chi connectivity index (χ0) is 14.4. The second-order valence-corrected chi connectivity index (χ2v) is 5.74. The van der Waals surface area contributed by atoms with Crippen LogP contribution in [0.4, 0.5) is 0 Å². The molecule has 1 amide bonds. The van der Waals surface area contributed by atoms with Crippen molar-refractivity contribution in [2.24, 2.45) is 5.73 Å². The Hall–Kier alpha value is -1.39. The molecule has 20 heavy (non-hydrogen) atoms. The minimum Gasteiger partial charge on any atom is -0.352 e. The third-order valence-corrected chi connectivity index (χ3v) is 3.84. The normalized spacial score (nSPS) is 15.8. The number of rotatable bonds is 6. The van der Waals surface area contributed by atoms with E-state index in [-0.39, 0.29) is 5.91 Å². The van der Waals surface area contributed by atoms with E-state index in [2.05, 4.69) is 17.4 Å². The molecule has 0 atom stereocenters. The molecule has 0 spiro atoms. The van der Waals surface area contributed by atoms with Gasteiger partial charge >= 0.3 is 0 Å². The van der Waals surface area contributed by atoms with Crippen LogP contribution in [-0.2, 0) is 17.9 Å². The van der Waals surface area contributed by atoms with Crippen molar-refractivity contribution in [2.45, 2.75) is 44.8 Å². The first kappa shape index (κ1) is 15.0. The van der Waals surface area contributed by atoms with E-state index in [0.717, 1.165) is 24.9 Å². The lowest BCUT2D eigenvalue weighted by atomic mass is 10.1. The molecule has 2 rings (SSSR count). The molecule has 1 aliphatic carbocycles. The van der Waals surface area contributed by atoms with Crippen molar-refractivity contribution < 1.29 is 4.79 Å². The van der Waals surface area contributed by atoms with Crippen LogP contribution < -0.4 is 11.1 Å². The van der Waals surface area contributed by atoms with E-state index in [4.69, 9.17) is 5.73 Å². The minimum absolute atomic E-state index is 0.137. The average molecular weight is 275 g/mol. The van der Waals surface area contributed by atoms with Crippen molar-refractivity contribution in [2.75, 3.05) is 13.6 Å². The third kappa shape index (κ3) is 4.62. The molecule has 0 aromatic heterocycles. The summed E-state index contributed by atoms with van der Waals surface area (Å²) in [6.07, 6.45) is 4.76. The number of nitrogens with zero attached hydrogens (tertiary/aromatic N) is 1. The predicted octanol–water partition coefficient (Wildman–Crippen LogP) is 1.64. The highest BCUT2D eigenvalue weighted by Gasteiger charge is 2.17. The summed E-state index contributed by atoms with van der Waals surface area (Å²) in [6, 6.07) is 8.64. The number of nitrogens with one attached hydrogen (secondary N) is 1. The Bertz CT molecular complexity index is 424. The first-order valence-corrected chi connectivity index (χ1v) is 7.43. The van der Waals surface area contributed by atoms with Crippen molar-refractivity contribution in [3.8, 4) is 0 Å². The number of carbonyl (C=O) groups excluding carboxylic acids is 1. The Balaban J connectivity index is 1.75. The lowest BCUT2D eigenvalue weighted by Crippen LogP contribution is -2.39. The topological polar surface area (TPSA) is 58.4 Å². The summed E-state index contributed by atoms with van der Waals surface area (Å²) < 4.78 is 0. The monoisotopic (exact) mass is 275 g/mol. The second-order valence-electron chi connectivity index (χ2n) is 5.74. The fraction of sp³-hybridized carbons (Fsp3) is 0.562. The van der Waals surface area contributed by atoms with Gasteiger partial charge in [0, 0.05) is 19.1 Å². The lowest BCUT2D eigenvalue weighted by Gasteiger charge is -2.18. The van der Waals surface area contributed by atoms with Crippen LogP contribution in [0.5, 0.6) is 0 Å². The molecule has 4 heteroatoms. The Morgan fingerprint density at radius 2 is 1.85 bits per heavy atom. The molecule has 0 bridgehead atoms. The lowest BCUT2D eigenvalue weighted by molar-refractivity contribution is -0.122. The summed E-state index contributed by atoms with van der Waals surface area (Å²) >= 11 is 0. The molecule has 3 N–H and O–H groups in total. The number of likely N-dealkylation sites (N-methyl/N-ethyl adjacent to an activating group) is 1.